The summed E-state index contributed by atoms with van der Waals surface area (Å²) in [5.41, 5.74) is -0.0896. The van der Waals surface area contributed by atoms with E-state index in [0.717, 1.165) is 6.07 Å². The fourth-order valence-corrected chi connectivity index (χ4v) is 2.78. The number of rotatable bonds is 5. The number of carbonyl (C=O) groups is 1. The van der Waals surface area contributed by atoms with E-state index in [0.29, 0.717) is 5.75 Å². The Balaban J connectivity index is 2.18. The number of aromatic nitrogens is 2. The summed E-state index contributed by atoms with van der Waals surface area (Å²) in [7, 11) is 2.63. The highest BCUT2D eigenvalue weighted by Gasteiger charge is 2.35. The topological polar surface area (TPSA) is 93.6 Å². The number of methoxy groups -OCH3 is 2. The first-order chi connectivity index (χ1) is 13.6. The molecule has 0 spiro atoms. The van der Waals surface area contributed by atoms with Gasteiger partial charge in [0.1, 0.15) is 22.9 Å². The molecule has 0 atom stereocenters. The Morgan fingerprint density at radius 2 is 1.86 bits per heavy atom. The summed E-state index contributed by atoms with van der Waals surface area (Å²) in [5, 5.41) is 12.1. The van der Waals surface area contributed by atoms with Crippen molar-refractivity contribution in [3.05, 3.63) is 46.7 Å². The average Bonchev–Trinajstić information content (AvgIpc) is 2.67. The second-order valence-electron chi connectivity index (χ2n) is 5.74. The maximum absolute atomic E-state index is 13.3. The second-order valence-corrected chi connectivity index (χ2v) is 6.15. The van der Waals surface area contributed by atoms with Crippen LogP contribution < -0.4 is 14.8 Å². The summed E-state index contributed by atoms with van der Waals surface area (Å²) in [4.78, 5) is 18.4. The number of halogens is 4. The number of carboxylic acid groups (broad SMARTS) is 1. The second kappa shape index (κ2) is 7.63. The Bertz CT molecular complexity index is 1110. The number of nitrogens with one attached hydrogen (secondary N) is 1. The van der Waals surface area contributed by atoms with E-state index < -0.39 is 18.0 Å². The minimum Gasteiger partial charge on any atom is -0.497 e. The third kappa shape index (κ3) is 4.11. The van der Waals surface area contributed by atoms with Crippen molar-refractivity contribution in [3.63, 3.8) is 0 Å². The molecule has 3 rings (SSSR count). The molecule has 0 saturated carbocycles. The molecule has 1 heterocycles. The van der Waals surface area contributed by atoms with Gasteiger partial charge in [-0.1, -0.05) is 11.6 Å². The van der Waals surface area contributed by atoms with Gasteiger partial charge in [-0.3, -0.25) is 0 Å². The van der Waals surface area contributed by atoms with Gasteiger partial charge in [0, 0.05) is 17.5 Å². The molecule has 0 saturated heterocycles. The van der Waals surface area contributed by atoms with Crippen LogP contribution in [0.3, 0.4) is 0 Å². The van der Waals surface area contributed by atoms with Crippen molar-refractivity contribution in [1.82, 2.24) is 9.97 Å². The molecule has 0 aliphatic heterocycles. The van der Waals surface area contributed by atoms with Crippen LogP contribution in [0.1, 0.15) is 16.2 Å². The van der Waals surface area contributed by atoms with Gasteiger partial charge in [0.05, 0.1) is 30.4 Å². The molecule has 0 fully saturated rings. The van der Waals surface area contributed by atoms with E-state index >= 15 is 0 Å². The molecule has 0 radical (unpaired) electrons. The van der Waals surface area contributed by atoms with E-state index in [-0.39, 0.29) is 38.7 Å². The van der Waals surface area contributed by atoms with Crippen molar-refractivity contribution in [1.29, 1.82) is 0 Å². The fraction of sp³-hybridized carbons (Fsp3) is 0.167. The lowest BCUT2D eigenvalue weighted by atomic mass is 10.1. The highest BCUT2D eigenvalue weighted by molar-refractivity contribution is 6.34. The summed E-state index contributed by atoms with van der Waals surface area (Å²) in [5.74, 6) is -2.50. The number of carboxylic acids is 1. The van der Waals surface area contributed by atoms with E-state index in [1.165, 1.54) is 32.4 Å². The largest absolute Gasteiger partial charge is 0.497 e. The molecule has 29 heavy (non-hydrogen) atoms. The van der Waals surface area contributed by atoms with Crippen LogP contribution in [-0.4, -0.2) is 35.3 Å². The number of benzene rings is 2. The lowest BCUT2D eigenvalue weighted by Gasteiger charge is -2.15. The van der Waals surface area contributed by atoms with Crippen LogP contribution in [0.25, 0.3) is 10.9 Å². The SMILES string of the molecule is COc1ccc2c(Nc3cc(OC)c(C(=O)O)cc3Cl)nc(C(F)(F)F)nc2c1. The third-order valence-corrected chi connectivity index (χ3v) is 4.24. The van der Waals surface area contributed by atoms with Crippen molar-refractivity contribution in [2.45, 2.75) is 6.18 Å². The molecular weight excluding hydrogens is 415 g/mol. The molecule has 7 nitrogen and oxygen atoms in total. The molecular formula is C18H13ClF3N3O4. The van der Waals surface area contributed by atoms with Crippen LogP contribution in [0.5, 0.6) is 11.5 Å². The Morgan fingerprint density at radius 3 is 2.45 bits per heavy atom. The standard InChI is InChI=1S/C18H13ClF3N3O4/c1-28-8-3-4-9-12(5-8)24-17(18(20,21)22)25-15(9)23-13-7-14(29-2)10(16(26)27)6-11(13)19/h3-7H,1-2H3,(H,26,27)(H,23,24,25). The summed E-state index contributed by atoms with van der Waals surface area (Å²) < 4.78 is 49.8. The normalized spacial score (nSPS) is 11.4. The zero-order valence-corrected chi connectivity index (χ0v) is 15.7. The van der Waals surface area contributed by atoms with Crippen LogP contribution in [0.2, 0.25) is 5.02 Å². The molecule has 0 aliphatic carbocycles. The Kier molecular flexibility index (Phi) is 5.38. The molecule has 2 aromatic carbocycles. The predicted octanol–water partition coefficient (Wildman–Crippen LogP) is 4.76. The van der Waals surface area contributed by atoms with Crippen LogP contribution in [0, 0.1) is 0 Å². The minimum atomic E-state index is -4.79. The smallest absolute Gasteiger partial charge is 0.451 e. The molecule has 0 amide bonds. The van der Waals surface area contributed by atoms with Gasteiger partial charge in [-0.05, 0) is 18.2 Å². The zero-order valence-electron chi connectivity index (χ0n) is 15.0. The average molecular weight is 428 g/mol. The first-order valence-electron chi connectivity index (χ1n) is 7.95. The van der Waals surface area contributed by atoms with Crippen LogP contribution in [0.4, 0.5) is 24.7 Å². The van der Waals surface area contributed by atoms with E-state index in [1.54, 1.807) is 6.07 Å². The van der Waals surface area contributed by atoms with Gasteiger partial charge in [-0.2, -0.15) is 13.2 Å². The monoisotopic (exact) mass is 427 g/mol. The van der Waals surface area contributed by atoms with Crippen LogP contribution in [-0.2, 0) is 6.18 Å². The molecule has 0 unspecified atom stereocenters. The third-order valence-electron chi connectivity index (χ3n) is 3.93. The van der Waals surface area contributed by atoms with Gasteiger partial charge in [-0.15, -0.1) is 0 Å². The van der Waals surface area contributed by atoms with Crippen molar-refractivity contribution >= 4 is 40.0 Å². The quantitative estimate of drug-likeness (QED) is 0.606. The van der Waals surface area contributed by atoms with E-state index in [4.69, 9.17) is 21.1 Å². The van der Waals surface area contributed by atoms with Gasteiger partial charge >= 0.3 is 12.1 Å². The predicted molar refractivity (Wildman–Crippen MR) is 99.3 cm³/mol. The van der Waals surface area contributed by atoms with Crippen LogP contribution in [0.15, 0.2) is 30.3 Å². The van der Waals surface area contributed by atoms with Crippen molar-refractivity contribution in [3.8, 4) is 11.5 Å². The first kappa shape index (κ1) is 20.5. The fourth-order valence-electron chi connectivity index (χ4n) is 2.57. The van der Waals surface area contributed by atoms with Gasteiger partial charge in [0.2, 0.25) is 5.82 Å². The first-order valence-corrected chi connectivity index (χ1v) is 8.32. The van der Waals surface area contributed by atoms with Gasteiger partial charge in [0.25, 0.3) is 0 Å². The summed E-state index contributed by atoms with van der Waals surface area (Å²) >= 11 is 6.11. The number of fused-ring (bicyclic) bond motifs is 1. The Labute approximate surface area is 167 Å². The number of alkyl halides is 3. The van der Waals surface area contributed by atoms with Gasteiger partial charge in [-0.25, -0.2) is 14.8 Å². The van der Waals surface area contributed by atoms with Crippen molar-refractivity contribution < 1.29 is 32.5 Å². The molecule has 0 aliphatic rings. The maximum Gasteiger partial charge on any atom is 0.451 e. The van der Waals surface area contributed by atoms with E-state index in [1.807, 2.05) is 0 Å². The number of hydrogen-bond donors (Lipinski definition) is 2. The molecule has 152 valence electrons. The van der Waals surface area contributed by atoms with E-state index in [2.05, 4.69) is 15.3 Å². The number of ether oxygens (including phenoxy) is 2. The molecule has 1 aromatic heterocycles. The highest BCUT2D eigenvalue weighted by atomic mass is 35.5. The van der Waals surface area contributed by atoms with Gasteiger partial charge in [0.15, 0.2) is 0 Å². The Morgan fingerprint density at radius 1 is 1.14 bits per heavy atom. The lowest BCUT2D eigenvalue weighted by Crippen LogP contribution is -2.13. The lowest BCUT2D eigenvalue weighted by molar-refractivity contribution is -0.144. The maximum atomic E-state index is 13.3. The summed E-state index contributed by atoms with van der Waals surface area (Å²) in [6.45, 7) is 0. The van der Waals surface area contributed by atoms with Gasteiger partial charge < -0.3 is 19.9 Å². The zero-order chi connectivity index (χ0) is 21.3. The Hall–Kier alpha value is -3.27. The number of anilines is 2. The minimum absolute atomic E-state index is 0.000538. The van der Waals surface area contributed by atoms with Crippen molar-refractivity contribution in [2.24, 2.45) is 0 Å². The van der Waals surface area contributed by atoms with Crippen LogP contribution >= 0.6 is 11.6 Å². The summed E-state index contributed by atoms with van der Waals surface area (Å²) in [6, 6.07) is 6.76. The number of hydrogen-bond acceptors (Lipinski definition) is 6. The summed E-state index contributed by atoms with van der Waals surface area (Å²) in [6.07, 6.45) is -4.79. The molecule has 11 heteroatoms. The molecule has 0 bridgehead atoms. The number of aromatic carboxylic acids is 1. The highest BCUT2D eigenvalue weighted by Crippen LogP contribution is 2.36. The van der Waals surface area contributed by atoms with Crippen molar-refractivity contribution in [2.75, 3.05) is 19.5 Å². The van der Waals surface area contributed by atoms with E-state index in [9.17, 15) is 23.1 Å². The molecule has 2 N–H and O–H groups in total. The number of nitrogens with zero attached hydrogens (tertiary/aromatic N) is 2. The molecule has 3 aromatic rings.